The zero-order valence-electron chi connectivity index (χ0n) is 17.6. The maximum absolute atomic E-state index is 12.9. The number of carbonyl (C=O) groups excluding carboxylic acids is 1. The minimum absolute atomic E-state index is 0.0563. The van der Waals surface area contributed by atoms with Crippen molar-refractivity contribution in [3.05, 3.63) is 65.5 Å². The number of hydrogen-bond donors (Lipinski definition) is 0. The van der Waals surface area contributed by atoms with Crippen LogP contribution in [0.1, 0.15) is 21.8 Å². The number of hydrogen-bond acceptors (Lipinski definition) is 6. The first-order valence-corrected chi connectivity index (χ1v) is 10.3. The first kappa shape index (κ1) is 23.6. The minimum atomic E-state index is -4.48. The molecular weight excluding hydrogens is 463 g/mol. The van der Waals surface area contributed by atoms with Crippen LogP contribution in [0.4, 0.5) is 22.0 Å². The summed E-state index contributed by atoms with van der Waals surface area (Å²) in [5.74, 6) is -0.0960. The van der Waals surface area contributed by atoms with E-state index in [0.717, 1.165) is 12.1 Å². The summed E-state index contributed by atoms with van der Waals surface area (Å²) in [5, 5.41) is 3.78. The highest BCUT2D eigenvalue weighted by molar-refractivity contribution is 5.94. The van der Waals surface area contributed by atoms with Crippen LogP contribution in [0.2, 0.25) is 0 Å². The zero-order chi connectivity index (χ0) is 24.3. The molecule has 2 aromatic carbocycles. The summed E-state index contributed by atoms with van der Waals surface area (Å²) in [6, 6.07) is 10.3. The van der Waals surface area contributed by atoms with Crippen molar-refractivity contribution in [2.45, 2.75) is 19.3 Å². The van der Waals surface area contributed by atoms with Crippen molar-refractivity contribution < 1.29 is 36.0 Å². The Morgan fingerprint density at radius 2 is 1.79 bits per heavy atom. The van der Waals surface area contributed by atoms with Crippen LogP contribution in [0.15, 0.2) is 53.1 Å². The van der Waals surface area contributed by atoms with E-state index in [-0.39, 0.29) is 41.0 Å². The molecule has 0 aliphatic carbocycles. The van der Waals surface area contributed by atoms with Crippen LogP contribution < -0.4 is 4.74 Å². The molecular formula is C22H19F5N4O3. The summed E-state index contributed by atoms with van der Waals surface area (Å²) in [6.07, 6.45) is -4.48. The molecule has 0 unspecified atom stereocenters. The summed E-state index contributed by atoms with van der Waals surface area (Å²) >= 11 is 0. The number of amides is 1. The van der Waals surface area contributed by atoms with Gasteiger partial charge < -0.3 is 14.2 Å². The molecule has 3 aromatic rings. The van der Waals surface area contributed by atoms with Crippen LogP contribution in [0.3, 0.4) is 0 Å². The fraction of sp³-hybridized carbons (Fsp3) is 0.318. The Hall–Kier alpha value is -3.54. The molecule has 180 valence electrons. The molecule has 0 atom stereocenters. The predicted molar refractivity (Wildman–Crippen MR) is 109 cm³/mol. The first-order valence-electron chi connectivity index (χ1n) is 10.3. The van der Waals surface area contributed by atoms with E-state index in [4.69, 9.17) is 4.52 Å². The second-order valence-electron chi connectivity index (χ2n) is 7.56. The quantitative estimate of drug-likeness (QED) is 0.488. The topological polar surface area (TPSA) is 71.7 Å². The Morgan fingerprint density at radius 3 is 2.50 bits per heavy atom. The normalized spacial score (nSPS) is 15.1. The number of rotatable bonds is 6. The molecule has 1 fully saturated rings. The summed E-state index contributed by atoms with van der Waals surface area (Å²) in [6.45, 7) is -0.972. The van der Waals surface area contributed by atoms with Gasteiger partial charge in [-0.3, -0.25) is 9.69 Å². The van der Waals surface area contributed by atoms with E-state index in [1.165, 1.54) is 36.4 Å². The second-order valence-corrected chi connectivity index (χ2v) is 7.56. The maximum atomic E-state index is 12.9. The Balaban J connectivity index is 1.34. The van der Waals surface area contributed by atoms with Crippen LogP contribution in [-0.4, -0.2) is 58.6 Å². The van der Waals surface area contributed by atoms with E-state index in [9.17, 15) is 26.7 Å². The molecule has 7 nitrogen and oxygen atoms in total. The number of carbonyl (C=O) groups is 1. The van der Waals surface area contributed by atoms with Crippen molar-refractivity contribution in [3.8, 4) is 17.1 Å². The minimum Gasteiger partial charge on any atom is -0.435 e. The van der Waals surface area contributed by atoms with Crippen LogP contribution >= 0.6 is 0 Å². The van der Waals surface area contributed by atoms with Gasteiger partial charge in [0.15, 0.2) is 0 Å². The maximum Gasteiger partial charge on any atom is 0.416 e. The van der Waals surface area contributed by atoms with Gasteiger partial charge in [-0.1, -0.05) is 23.4 Å². The molecule has 1 amide bonds. The lowest BCUT2D eigenvalue weighted by Crippen LogP contribution is -2.48. The average Bonchev–Trinajstić information content (AvgIpc) is 3.27. The highest BCUT2D eigenvalue weighted by Crippen LogP contribution is 2.31. The number of nitrogens with zero attached hydrogens (tertiary/aromatic N) is 4. The van der Waals surface area contributed by atoms with Gasteiger partial charge in [0, 0.05) is 37.3 Å². The van der Waals surface area contributed by atoms with Gasteiger partial charge in [-0.15, -0.1) is 0 Å². The molecule has 0 bridgehead atoms. The third kappa shape index (κ3) is 5.68. The highest BCUT2D eigenvalue weighted by Gasteiger charge is 2.31. The summed E-state index contributed by atoms with van der Waals surface area (Å²) in [5.41, 5.74) is -0.365. The van der Waals surface area contributed by atoms with E-state index in [1.807, 2.05) is 4.90 Å². The zero-order valence-corrected chi connectivity index (χ0v) is 17.6. The molecule has 1 saturated heterocycles. The molecule has 0 spiro atoms. The van der Waals surface area contributed by atoms with Crippen molar-refractivity contribution in [3.63, 3.8) is 0 Å². The number of piperazine rings is 1. The summed E-state index contributed by atoms with van der Waals surface area (Å²) < 4.78 is 73.1. The van der Waals surface area contributed by atoms with Gasteiger partial charge in [0.1, 0.15) is 5.75 Å². The molecule has 0 N–H and O–H groups in total. The smallest absolute Gasteiger partial charge is 0.416 e. The van der Waals surface area contributed by atoms with Gasteiger partial charge in [0.2, 0.25) is 11.7 Å². The lowest BCUT2D eigenvalue weighted by atomic mass is 10.1. The standard InChI is InChI=1S/C22H19F5N4O3/c23-21(24)33-17-6-2-4-15(12-17)20(32)31-9-7-30(8-10-31)13-18-28-19(29-34-18)14-3-1-5-16(11-14)22(25,26)27/h1-6,11-12,21H,7-10,13H2. The number of ether oxygens (including phenoxy) is 1. The molecule has 1 aliphatic heterocycles. The largest absolute Gasteiger partial charge is 0.435 e. The van der Waals surface area contributed by atoms with Crippen molar-refractivity contribution in [1.29, 1.82) is 0 Å². The number of halogens is 5. The van der Waals surface area contributed by atoms with Gasteiger partial charge in [0.05, 0.1) is 12.1 Å². The molecule has 1 aliphatic rings. The number of alkyl halides is 5. The Labute approximate surface area is 190 Å². The Kier molecular flexibility index (Phi) is 6.77. The van der Waals surface area contributed by atoms with Crippen molar-refractivity contribution >= 4 is 5.91 Å². The lowest BCUT2D eigenvalue weighted by Gasteiger charge is -2.34. The van der Waals surface area contributed by atoms with E-state index in [2.05, 4.69) is 14.9 Å². The first-order chi connectivity index (χ1) is 16.2. The van der Waals surface area contributed by atoms with E-state index >= 15 is 0 Å². The lowest BCUT2D eigenvalue weighted by molar-refractivity contribution is -0.137. The highest BCUT2D eigenvalue weighted by atomic mass is 19.4. The average molecular weight is 482 g/mol. The summed E-state index contributed by atoms with van der Waals surface area (Å²) in [7, 11) is 0. The van der Waals surface area contributed by atoms with Gasteiger partial charge in [-0.2, -0.15) is 26.9 Å². The van der Waals surface area contributed by atoms with Gasteiger partial charge in [-0.05, 0) is 30.3 Å². The Morgan fingerprint density at radius 1 is 1.06 bits per heavy atom. The molecule has 4 rings (SSSR count). The van der Waals surface area contributed by atoms with E-state index in [0.29, 0.717) is 26.2 Å². The molecule has 12 heteroatoms. The van der Waals surface area contributed by atoms with Crippen LogP contribution in [-0.2, 0) is 12.7 Å². The fourth-order valence-electron chi connectivity index (χ4n) is 3.56. The number of benzene rings is 2. The van der Waals surface area contributed by atoms with Crippen molar-refractivity contribution in [2.24, 2.45) is 0 Å². The third-order valence-electron chi connectivity index (χ3n) is 5.24. The van der Waals surface area contributed by atoms with E-state index in [1.54, 1.807) is 4.90 Å². The SMILES string of the molecule is O=C(c1cccc(OC(F)F)c1)N1CCN(Cc2nc(-c3cccc(C(F)(F)F)c3)no2)CC1. The predicted octanol–water partition coefficient (Wildman–Crippen LogP) is 4.31. The van der Waals surface area contributed by atoms with Gasteiger partial charge in [-0.25, -0.2) is 0 Å². The van der Waals surface area contributed by atoms with Gasteiger partial charge in [0.25, 0.3) is 5.91 Å². The van der Waals surface area contributed by atoms with Crippen LogP contribution in [0, 0.1) is 0 Å². The number of aromatic nitrogens is 2. The van der Waals surface area contributed by atoms with E-state index < -0.39 is 18.4 Å². The monoisotopic (exact) mass is 482 g/mol. The molecule has 0 radical (unpaired) electrons. The molecule has 34 heavy (non-hydrogen) atoms. The molecule has 1 aromatic heterocycles. The van der Waals surface area contributed by atoms with Crippen LogP contribution in [0.5, 0.6) is 5.75 Å². The third-order valence-corrected chi connectivity index (χ3v) is 5.24. The molecule has 2 heterocycles. The Bertz CT molecular complexity index is 1140. The molecule has 0 saturated carbocycles. The van der Waals surface area contributed by atoms with Gasteiger partial charge >= 0.3 is 12.8 Å². The van der Waals surface area contributed by atoms with Crippen LogP contribution in [0.25, 0.3) is 11.4 Å². The second kappa shape index (κ2) is 9.75. The van der Waals surface area contributed by atoms with Crippen molar-refractivity contribution in [2.75, 3.05) is 26.2 Å². The van der Waals surface area contributed by atoms with Crippen molar-refractivity contribution in [1.82, 2.24) is 19.9 Å². The summed E-state index contributed by atoms with van der Waals surface area (Å²) in [4.78, 5) is 20.5. The fourth-order valence-corrected chi connectivity index (χ4v) is 3.56.